The van der Waals surface area contributed by atoms with E-state index in [0.717, 1.165) is 5.57 Å². The zero-order chi connectivity index (χ0) is 19.8. The molecule has 2 aromatic rings. The van der Waals surface area contributed by atoms with Gasteiger partial charge in [0.05, 0.1) is 11.3 Å². The van der Waals surface area contributed by atoms with Gasteiger partial charge >= 0.3 is 0 Å². The Kier molecular flexibility index (Phi) is 5.53. The Morgan fingerprint density at radius 1 is 1.31 bits per heavy atom. The van der Waals surface area contributed by atoms with Gasteiger partial charge in [-0.2, -0.15) is 9.50 Å². The van der Waals surface area contributed by atoms with Crippen LogP contribution in [0.1, 0.15) is 69.2 Å². The number of rotatable bonds is 4. The molecule has 1 amide bonds. The van der Waals surface area contributed by atoms with Gasteiger partial charge in [0.15, 0.2) is 0 Å². The SMILES string of the molecule is C=C(CC)C1C(C)=C(C(N)=O)c2c(C(F)F)nc3nc(C)nn3c21.CC. The van der Waals surface area contributed by atoms with Gasteiger partial charge in [-0.3, -0.25) is 4.79 Å². The Morgan fingerprint density at radius 3 is 2.42 bits per heavy atom. The standard InChI is InChI=1S/C16H17F2N5O.C2H6/c1-5-6(2)9-7(3)10(15(19)24)11-12(14(17)18)21-16-20-8(4)22-23(16)13(9)11;1-2/h9,14H,2,5H2,1,3-4H3,(H2,19,24);1-2H3. The van der Waals surface area contributed by atoms with Crippen LogP contribution in [0.4, 0.5) is 8.78 Å². The first kappa shape index (κ1) is 19.7. The Hall–Kier alpha value is -2.64. The summed E-state index contributed by atoms with van der Waals surface area (Å²) in [6.07, 6.45) is -2.24. The molecule has 8 heteroatoms. The lowest BCUT2D eigenvalue weighted by molar-refractivity contribution is -0.112. The number of hydrogen-bond donors (Lipinski definition) is 1. The number of amides is 1. The predicted octanol–water partition coefficient (Wildman–Crippen LogP) is 3.72. The summed E-state index contributed by atoms with van der Waals surface area (Å²) >= 11 is 0. The number of nitrogens with zero attached hydrogens (tertiary/aromatic N) is 4. The van der Waals surface area contributed by atoms with E-state index in [1.165, 1.54) is 4.52 Å². The van der Waals surface area contributed by atoms with Crippen LogP contribution < -0.4 is 5.73 Å². The van der Waals surface area contributed by atoms with Gasteiger partial charge in [-0.15, -0.1) is 5.10 Å². The maximum absolute atomic E-state index is 13.6. The fourth-order valence-electron chi connectivity index (χ4n) is 3.29. The third-order valence-corrected chi connectivity index (χ3v) is 4.32. The minimum Gasteiger partial charge on any atom is -0.366 e. The minimum absolute atomic E-state index is 0.0620. The van der Waals surface area contributed by atoms with E-state index < -0.39 is 23.9 Å². The second-order valence-corrected chi connectivity index (χ2v) is 5.80. The molecule has 1 aliphatic rings. The van der Waals surface area contributed by atoms with Gasteiger partial charge in [-0.25, -0.2) is 13.8 Å². The van der Waals surface area contributed by atoms with Crippen molar-refractivity contribution in [1.29, 1.82) is 0 Å². The number of allylic oxidation sites excluding steroid dienone is 2. The minimum atomic E-state index is -2.86. The number of carbonyl (C=O) groups excluding carboxylic acids is 1. The summed E-state index contributed by atoms with van der Waals surface area (Å²) in [5, 5.41) is 4.26. The fourth-order valence-corrected chi connectivity index (χ4v) is 3.29. The largest absolute Gasteiger partial charge is 0.366 e. The van der Waals surface area contributed by atoms with E-state index in [2.05, 4.69) is 21.6 Å². The Labute approximate surface area is 150 Å². The van der Waals surface area contributed by atoms with Crippen LogP contribution in [0, 0.1) is 6.92 Å². The van der Waals surface area contributed by atoms with Crippen molar-refractivity contribution in [3.05, 3.63) is 40.5 Å². The molecule has 140 valence electrons. The monoisotopic (exact) mass is 363 g/mol. The smallest absolute Gasteiger partial charge is 0.281 e. The van der Waals surface area contributed by atoms with Crippen molar-refractivity contribution in [2.24, 2.45) is 5.73 Å². The molecule has 2 aromatic heterocycles. The number of fused-ring (bicyclic) bond motifs is 3. The van der Waals surface area contributed by atoms with E-state index in [-0.39, 0.29) is 16.9 Å². The molecule has 2 N–H and O–H groups in total. The van der Waals surface area contributed by atoms with Crippen molar-refractivity contribution in [3.8, 4) is 0 Å². The summed E-state index contributed by atoms with van der Waals surface area (Å²) in [7, 11) is 0. The highest BCUT2D eigenvalue weighted by atomic mass is 19.3. The summed E-state index contributed by atoms with van der Waals surface area (Å²) in [6.45, 7) is 13.3. The second-order valence-electron chi connectivity index (χ2n) is 5.80. The van der Waals surface area contributed by atoms with E-state index in [0.29, 0.717) is 23.5 Å². The topological polar surface area (TPSA) is 86.2 Å². The number of halogens is 2. The number of hydrogen-bond acceptors (Lipinski definition) is 4. The van der Waals surface area contributed by atoms with E-state index in [1.54, 1.807) is 13.8 Å². The third-order valence-electron chi connectivity index (χ3n) is 4.32. The van der Waals surface area contributed by atoms with Crippen molar-refractivity contribution < 1.29 is 13.6 Å². The van der Waals surface area contributed by atoms with Crippen LogP contribution in [0.15, 0.2) is 17.7 Å². The number of alkyl halides is 2. The second kappa shape index (κ2) is 7.31. The number of aryl methyl sites for hydroxylation is 1. The number of aromatic nitrogens is 4. The summed E-state index contributed by atoms with van der Waals surface area (Å²) in [5.74, 6) is -0.701. The van der Waals surface area contributed by atoms with Crippen LogP contribution in [-0.2, 0) is 4.79 Å². The molecule has 0 spiro atoms. The van der Waals surface area contributed by atoms with Crippen LogP contribution in [0.25, 0.3) is 11.4 Å². The molecule has 26 heavy (non-hydrogen) atoms. The third kappa shape index (κ3) is 2.89. The maximum Gasteiger partial charge on any atom is 0.281 e. The summed E-state index contributed by atoms with van der Waals surface area (Å²) in [6, 6.07) is 0. The first-order chi connectivity index (χ1) is 12.3. The van der Waals surface area contributed by atoms with Gasteiger partial charge in [-0.05, 0) is 25.8 Å². The molecule has 0 saturated carbocycles. The lowest BCUT2D eigenvalue weighted by Gasteiger charge is -2.17. The van der Waals surface area contributed by atoms with E-state index in [4.69, 9.17) is 5.73 Å². The highest BCUT2D eigenvalue weighted by molar-refractivity contribution is 6.22. The average Bonchev–Trinajstić information content (AvgIpc) is 3.11. The molecular formula is C18H23F2N5O. The summed E-state index contributed by atoms with van der Waals surface area (Å²) in [4.78, 5) is 20.0. The first-order valence-corrected chi connectivity index (χ1v) is 8.51. The molecule has 3 rings (SSSR count). The van der Waals surface area contributed by atoms with Crippen LogP contribution in [0.5, 0.6) is 0 Å². The number of primary amides is 1. The van der Waals surface area contributed by atoms with E-state index >= 15 is 0 Å². The van der Waals surface area contributed by atoms with Gasteiger partial charge in [0.1, 0.15) is 11.5 Å². The van der Waals surface area contributed by atoms with Crippen LogP contribution in [0.3, 0.4) is 0 Å². The Bertz CT molecular complexity index is 914. The van der Waals surface area contributed by atoms with Crippen LogP contribution in [-0.4, -0.2) is 25.5 Å². The molecule has 1 unspecified atom stereocenters. The van der Waals surface area contributed by atoms with E-state index in [9.17, 15) is 13.6 Å². The van der Waals surface area contributed by atoms with Crippen molar-refractivity contribution in [2.75, 3.05) is 0 Å². The lowest BCUT2D eigenvalue weighted by Crippen LogP contribution is -2.16. The van der Waals surface area contributed by atoms with E-state index in [1.807, 2.05) is 20.8 Å². The highest BCUT2D eigenvalue weighted by Crippen LogP contribution is 2.48. The van der Waals surface area contributed by atoms with Crippen molar-refractivity contribution in [2.45, 2.75) is 53.4 Å². The Morgan fingerprint density at radius 2 is 1.92 bits per heavy atom. The van der Waals surface area contributed by atoms with Crippen molar-refractivity contribution in [1.82, 2.24) is 19.6 Å². The molecule has 1 atom stereocenters. The molecule has 6 nitrogen and oxygen atoms in total. The fraction of sp³-hybridized carbons (Fsp3) is 0.444. The van der Waals surface area contributed by atoms with Gasteiger partial charge in [0, 0.05) is 11.5 Å². The average molecular weight is 363 g/mol. The maximum atomic E-state index is 13.6. The normalized spacial score (nSPS) is 15.9. The number of carbonyl (C=O) groups is 1. The molecule has 2 heterocycles. The highest BCUT2D eigenvalue weighted by Gasteiger charge is 2.39. The first-order valence-electron chi connectivity index (χ1n) is 8.51. The van der Waals surface area contributed by atoms with Crippen molar-refractivity contribution >= 4 is 17.3 Å². The van der Waals surface area contributed by atoms with Gasteiger partial charge < -0.3 is 5.73 Å². The molecule has 0 aliphatic heterocycles. The lowest BCUT2D eigenvalue weighted by atomic mass is 9.91. The molecule has 0 saturated heterocycles. The molecule has 0 aromatic carbocycles. The van der Waals surface area contributed by atoms with Gasteiger partial charge in [-0.1, -0.05) is 32.9 Å². The molecule has 1 aliphatic carbocycles. The zero-order valence-corrected chi connectivity index (χ0v) is 15.6. The van der Waals surface area contributed by atoms with Crippen molar-refractivity contribution in [3.63, 3.8) is 0 Å². The van der Waals surface area contributed by atoms with Crippen LogP contribution in [0.2, 0.25) is 0 Å². The molecule has 0 bridgehead atoms. The van der Waals surface area contributed by atoms with Gasteiger partial charge in [0.25, 0.3) is 12.2 Å². The van der Waals surface area contributed by atoms with Crippen LogP contribution >= 0.6 is 0 Å². The zero-order valence-electron chi connectivity index (χ0n) is 15.6. The molecule has 0 fully saturated rings. The summed E-state index contributed by atoms with van der Waals surface area (Å²) in [5.41, 5.74) is 6.93. The summed E-state index contributed by atoms with van der Waals surface area (Å²) < 4.78 is 28.6. The Balaban J connectivity index is 0.00000117. The van der Waals surface area contributed by atoms with Gasteiger partial charge in [0.2, 0.25) is 5.91 Å². The quantitative estimate of drug-likeness (QED) is 0.839. The molecular weight excluding hydrogens is 340 g/mol. The number of nitrogens with two attached hydrogens (primary N) is 1. The molecule has 0 radical (unpaired) electrons. The predicted molar refractivity (Wildman–Crippen MR) is 95.8 cm³/mol.